The molecule has 0 spiro atoms. The largest absolute Gasteiger partial charge is 0.484 e. The van der Waals surface area contributed by atoms with Crippen LogP contribution in [0.2, 0.25) is 0 Å². The molecular weight excluding hydrogens is 320 g/mol. The topological polar surface area (TPSA) is 94.8 Å². The van der Waals surface area contributed by atoms with Gasteiger partial charge in [-0.15, -0.1) is 5.10 Å². The molecule has 3 aromatic rings. The number of benzene rings is 1. The minimum Gasteiger partial charge on any atom is -0.484 e. The van der Waals surface area contributed by atoms with E-state index in [1.54, 1.807) is 18.3 Å². The summed E-state index contributed by atoms with van der Waals surface area (Å²) in [5.74, 6) is 0.428. The highest BCUT2D eigenvalue weighted by atomic mass is 16.5. The minimum absolute atomic E-state index is 0.0202. The van der Waals surface area contributed by atoms with Crippen LogP contribution < -0.4 is 10.1 Å². The van der Waals surface area contributed by atoms with E-state index in [-0.39, 0.29) is 18.6 Å². The number of pyridine rings is 1. The Kier molecular flexibility index (Phi) is 5.30. The molecule has 3 rings (SSSR count). The van der Waals surface area contributed by atoms with Gasteiger partial charge in [0.25, 0.3) is 5.91 Å². The van der Waals surface area contributed by atoms with Crippen LogP contribution in [0.3, 0.4) is 0 Å². The van der Waals surface area contributed by atoms with Crippen LogP contribution in [0.15, 0.2) is 55.0 Å². The summed E-state index contributed by atoms with van der Waals surface area (Å²) in [4.78, 5) is 16.2. The molecule has 0 aliphatic rings. The average Bonchev–Trinajstić information content (AvgIpc) is 3.16. The maximum atomic E-state index is 12.0. The van der Waals surface area contributed by atoms with Gasteiger partial charge in [0.1, 0.15) is 12.1 Å². The van der Waals surface area contributed by atoms with Gasteiger partial charge in [-0.1, -0.05) is 6.07 Å². The van der Waals surface area contributed by atoms with Crippen molar-refractivity contribution in [2.45, 2.75) is 19.4 Å². The average molecular weight is 338 g/mol. The lowest BCUT2D eigenvalue weighted by atomic mass is 10.1. The van der Waals surface area contributed by atoms with Crippen molar-refractivity contribution in [1.29, 1.82) is 0 Å². The standard InChI is InChI=1S/C17H18N6O2/c1-13(10-14-4-2-3-9-18-14)20-17(24)11-25-16-7-5-15(6-8-16)23-12-19-21-22-23/h2-9,12-13H,10-11H2,1H3,(H,20,24)/t13-/m0/s1. The number of ether oxygens (including phenoxy) is 1. The molecule has 1 N–H and O–H groups in total. The predicted octanol–water partition coefficient (Wildman–Crippen LogP) is 1.18. The molecule has 128 valence electrons. The quantitative estimate of drug-likeness (QED) is 0.695. The number of amides is 1. The van der Waals surface area contributed by atoms with Gasteiger partial charge in [-0.2, -0.15) is 0 Å². The van der Waals surface area contributed by atoms with Gasteiger partial charge in [-0.05, 0) is 53.7 Å². The van der Waals surface area contributed by atoms with Crippen LogP contribution in [0.5, 0.6) is 5.75 Å². The van der Waals surface area contributed by atoms with E-state index in [2.05, 4.69) is 25.8 Å². The molecule has 1 aromatic carbocycles. The SMILES string of the molecule is C[C@@H](Cc1ccccn1)NC(=O)COc1ccc(-n2cnnn2)cc1. The zero-order valence-electron chi connectivity index (χ0n) is 13.7. The van der Waals surface area contributed by atoms with Gasteiger partial charge < -0.3 is 10.1 Å². The third kappa shape index (κ3) is 4.84. The molecule has 25 heavy (non-hydrogen) atoms. The Bertz CT molecular complexity index is 790. The minimum atomic E-state index is -0.173. The molecule has 0 aliphatic heterocycles. The van der Waals surface area contributed by atoms with Crippen molar-refractivity contribution in [3.8, 4) is 11.4 Å². The van der Waals surface area contributed by atoms with Crippen molar-refractivity contribution in [2.75, 3.05) is 6.61 Å². The maximum Gasteiger partial charge on any atom is 0.258 e. The van der Waals surface area contributed by atoms with Gasteiger partial charge in [-0.3, -0.25) is 9.78 Å². The summed E-state index contributed by atoms with van der Waals surface area (Å²) in [7, 11) is 0. The zero-order chi connectivity index (χ0) is 17.5. The first-order valence-corrected chi connectivity index (χ1v) is 7.86. The molecule has 1 amide bonds. The van der Waals surface area contributed by atoms with Crippen LogP contribution in [0.25, 0.3) is 5.69 Å². The molecule has 2 heterocycles. The van der Waals surface area contributed by atoms with E-state index in [1.807, 2.05) is 37.3 Å². The first kappa shape index (κ1) is 16.6. The van der Waals surface area contributed by atoms with E-state index < -0.39 is 0 Å². The monoisotopic (exact) mass is 338 g/mol. The summed E-state index contributed by atoms with van der Waals surface area (Å²) in [6.07, 6.45) is 3.92. The van der Waals surface area contributed by atoms with Gasteiger partial charge in [-0.25, -0.2) is 4.68 Å². The Morgan fingerprint density at radius 3 is 2.76 bits per heavy atom. The Hall–Kier alpha value is -3.29. The Labute approximate surface area is 144 Å². The van der Waals surface area contributed by atoms with Crippen molar-refractivity contribution in [3.63, 3.8) is 0 Å². The second-order valence-corrected chi connectivity index (χ2v) is 5.53. The van der Waals surface area contributed by atoms with Crippen molar-refractivity contribution in [3.05, 3.63) is 60.7 Å². The maximum absolute atomic E-state index is 12.0. The summed E-state index contributed by atoms with van der Waals surface area (Å²) in [5, 5.41) is 13.9. The normalized spacial score (nSPS) is 11.7. The number of nitrogens with one attached hydrogen (secondary N) is 1. The van der Waals surface area contributed by atoms with Gasteiger partial charge in [0.05, 0.1) is 5.69 Å². The number of nitrogens with zero attached hydrogens (tertiary/aromatic N) is 5. The molecule has 0 radical (unpaired) electrons. The zero-order valence-corrected chi connectivity index (χ0v) is 13.7. The summed E-state index contributed by atoms with van der Waals surface area (Å²) < 4.78 is 7.04. The first-order valence-electron chi connectivity index (χ1n) is 7.86. The Morgan fingerprint density at radius 2 is 2.08 bits per heavy atom. The number of carbonyl (C=O) groups excluding carboxylic acids is 1. The van der Waals surface area contributed by atoms with Crippen LogP contribution in [-0.2, 0) is 11.2 Å². The molecule has 0 aliphatic carbocycles. The van der Waals surface area contributed by atoms with Crippen molar-refractivity contribution >= 4 is 5.91 Å². The second kappa shape index (κ2) is 8.00. The molecule has 0 fully saturated rings. The van der Waals surface area contributed by atoms with Crippen LogP contribution in [0.4, 0.5) is 0 Å². The second-order valence-electron chi connectivity index (χ2n) is 5.53. The predicted molar refractivity (Wildman–Crippen MR) is 90.2 cm³/mol. The summed E-state index contributed by atoms with van der Waals surface area (Å²) >= 11 is 0. The third-order valence-corrected chi connectivity index (χ3v) is 3.47. The molecule has 2 aromatic heterocycles. The van der Waals surface area contributed by atoms with Crippen molar-refractivity contribution < 1.29 is 9.53 Å². The number of hydrogen-bond acceptors (Lipinski definition) is 6. The van der Waals surface area contributed by atoms with Crippen LogP contribution in [0.1, 0.15) is 12.6 Å². The van der Waals surface area contributed by atoms with Gasteiger partial charge in [0.2, 0.25) is 0 Å². The highest BCUT2D eigenvalue weighted by molar-refractivity contribution is 5.77. The van der Waals surface area contributed by atoms with E-state index in [4.69, 9.17) is 4.74 Å². The lowest BCUT2D eigenvalue weighted by Crippen LogP contribution is -2.37. The fourth-order valence-electron chi connectivity index (χ4n) is 2.32. The van der Waals surface area contributed by atoms with E-state index in [1.165, 1.54) is 11.0 Å². The molecule has 1 atom stereocenters. The lowest BCUT2D eigenvalue weighted by Gasteiger charge is -2.14. The highest BCUT2D eigenvalue weighted by Crippen LogP contribution is 2.14. The number of aromatic nitrogens is 5. The smallest absolute Gasteiger partial charge is 0.258 e. The van der Waals surface area contributed by atoms with Crippen LogP contribution >= 0.6 is 0 Å². The molecule has 0 unspecified atom stereocenters. The first-order chi connectivity index (χ1) is 12.2. The van der Waals surface area contributed by atoms with Gasteiger partial charge in [0, 0.05) is 24.4 Å². The van der Waals surface area contributed by atoms with E-state index in [0.29, 0.717) is 12.2 Å². The molecule has 0 saturated carbocycles. The van der Waals surface area contributed by atoms with Crippen LogP contribution in [0, 0.1) is 0 Å². The van der Waals surface area contributed by atoms with E-state index in [9.17, 15) is 4.79 Å². The molecular formula is C17H18N6O2. The van der Waals surface area contributed by atoms with E-state index in [0.717, 1.165) is 11.4 Å². The number of hydrogen-bond donors (Lipinski definition) is 1. The fourth-order valence-corrected chi connectivity index (χ4v) is 2.32. The summed E-state index contributed by atoms with van der Waals surface area (Å²) in [6.45, 7) is 1.89. The number of carbonyl (C=O) groups is 1. The van der Waals surface area contributed by atoms with Crippen molar-refractivity contribution in [2.24, 2.45) is 0 Å². The summed E-state index contributed by atoms with van der Waals surface area (Å²) in [6, 6.07) is 12.9. The number of rotatable bonds is 7. The van der Waals surface area contributed by atoms with Gasteiger partial charge >= 0.3 is 0 Å². The highest BCUT2D eigenvalue weighted by Gasteiger charge is 2.09. The third-order valence-electron chi connectivity index (χ3n) is 3.47. The van der Waals surface area contributed by atoms with Crippen molar-refractivity contribution in [1.82, 2.24) is 30.5 Å². The Morgan fingerprint density at radius 1 is 1.24 bits per heavy atom. The molecule has 8 nitrogen and oxygen atoms in total. The fraction of sp³-hybridized carbons (Fsp3) is 0.235. The molecule has 0 saturated heterocycles. The summed E-state index contributed by atoms with van der Waals surface area (Å²) in [5.41, 5.74) is 1.75. The van der Waals surface area contributed by atoms with Gasteiger partial charge in [0.15, 0.2) is 6.61 Å². The molecule has 0 bridgehead atoms. The Balaban J connectivity index is 1.45. The van der Waals surface area contributed by atoms with Crippen LogP contribution in [-0.4, -0.2) is 43.7 Å². The van der Waals surface area contributed by atoms with E-state index >= 15 is 0 Å². The molecule has 8 heteroatoms. The lowest BCUT2D eigenvalue weighted by molar-refractivity contribution is -0.123. The number of tetrazole rings is 1.